The fraction of sp³-hybridized carbons (Fsp3) is 0.400. The molecule has 1 fully saturated rings. The van der Waals surface area contributed by atoms with Crippen LogP contribution in [-0.2, 0) is 6.54 Å². The summed E-state index contributed by atoms with van der Waals surface area (Å²) in [5, 5.41) is 20.5. The molecule has 1 unspecified atom stereocenters. The van der Waals surface area contributed by atoms with E-state index in [2.05, 4.69) is 4.90 Å². The van der Waals surface area contributed by atoms with Crippen molar-refractivity contribution in [3.63, 3.8) is 0 Å². The van der Waals surface area contributed by atoms with E-state index in [4.69, 9.17) is 4.74 Å². The number of piperidine rings is 1. The molecule has 1 heterocycles. The van der Waals surface area contributed by atoms with Gasteiger partial charge in [-0.05, 0) is 67.7 Å². The number of nitrogens with zero attached hydrogens (tertiary/aromatic N) is 1. The molecule has 0 saturated carbocycles. The lowest BCUT2D eigenvalue weighted by atomic mass is 9.87. The van der Waals surface area contributed by atoms with Gasteiger partial charge < -0.3 is 14.9 Å². The Morgan fingerprint density at radius 3 is 2.48 bits per heavy atom. The molecule has 3 rings (SSSR count). The summed E-state index contributed by atoms with van der Waals surface area (Å²) in [7, 11) is 1.61. The molecule has 0 amide bonds. The van der Waals surface area contributed by atoms with Crippen molar-refractivity contribution in [2.75, 3.05) is 20.2 Å². The minimum absolute atomic E-state index is 0.167. The van der Waals surface area contributed by atoms with Crippen LogP contribution in [0.15, 0.2) is 42.5 Å². The van der Waals surface area contributed by atoms with Gasteiger partial charge in [0.15, 0.2) is 0 Å². The van der Waals surface area contributed by atoms with Gasteiger partial charge in [-0.2, -0.15) is 0 Å². The van der Waals surface area contributed by atoms with E-state index in [9.17, 15) is 14.6 Å². The summed E-state index contributed by atoms with van der Waals surface area (Å²) in [5.74, 6) is 0.883. The third kappa shape index (κ3) is 4.30. The summed E-state index contributed by atoms with van der Waals surface area (Å²) in [5.41, 5.74) is 1.61. The molecular weight excluding hydrogens is 321 g/mol. The Balaban J connectivity index is 1.57. The van der Waals surface area contributed by atoms with Crippen molar-refractivity contribution in [3.8, 4) is 11.5 Å². The van der Waals surface area contributed by atoms with Crippen molar-refractivity contribution in [1.29, 1.82) is 0 Å². The molecule has 0 radical (unpaired) electrons. The first-order valence-electron chi connectivity index (χ1n) is 8.58. The van der Waals surface area contributed by atoms with Crippen LogP contribution in [0.1, 0.15) is 30.1 Å². The minimum atomic E-state index is -0.562. The predicted octanol–water partition coefficient (Wildman–Crippen LogP) is 3.49. The van der Waals surface area contributed by atoms with E-state index in [1.165, 1.54) is 12.1 Å². The van der Waals surface area contributed by atoms with Crippen LogP contribution < -0.4 is 4.74 Å². The van der Waals surface area contributed by atoms with Crippen LogP contribution in [0.2, 0.25) is 0 Å². The summed E-state index contributed by atoms with van der Waals surface area (Å²) in [6.45, 7) is 2.35. The molecule has 1 saturated heterocycles. The molecule has 0 spiro atoms. The molecule has 0 aromatic heterocycles. The first-order valence-corrected chi connectivity index (χ1v) is 8.58. The molecule has 2 N–H and O–H groups in total. The minimum Gasteiger partial charge on any atom is -0.508 e. The van der Waals surface area contributed by atoms with Crippen molar-refractivity contribution >= 4 is 0 Å². The highest BCUT2D eigenvalue weighted by molar-refractivity contribution is 5.39. The van der Waals surface area contributed by atoms with Crippen molar-refractivity contribution in [3.05, 3.63) is 59.4 Å². The van der Waals surface area contributed by atoms with Crippen LogP contribution in [0.5, 0.6) is 11.5 Å². The normalized spacial score (nSPS) is 17.4. The summed E-state index contributed by atoms with van der Waals surface area (Å²) >= 11 is 0. The van der Waals surface area contributed by atoms with Gasteiger partial charge in [0.2, 0.25) is 0 Å². The van der Waals surface area contributed by atoms with Crippen molar-refractivity contribution in [2.24, 2.45) is 5.92 Å². The van der Waals surface area contributed by atoms with Gasteiger partial charge in [0.1, 0.15) is 17.3 Å². The smallest absolute Gasteiger partial charge is 0.123 e. The first-order chi connectivity index (χ1) is 12.1. The number of hydrogen-bond donors (Lipinski definition) is 2. The molecule has 0 aliphatic carbocycles. The van der Waals surface area contributed by atoms with Gasteiger partial charge in [-0.25, -0.2) is 4.39 Å². The molecule has 2 aromatic carbocycles. The van der Waals surface area contributed by atoms with E-state index in [1.54, 1.807) is 31.4 Å². The number of phenols is 1. The molecule has 2 aromatic rings. The molecule has 1 aliphatic rings. The molecule has 1 aliphatic heterocycles. The number of ether oxygens (including phenoxy) is 1. The maximum Gasteiger partial charge on any atom is 0.123 e. The summed E-state index contributed by atoms with van der Waals surface area (Å²) < 4.78 is 18.2. The number of aliphatic hydroxyl groups excluding tert-OH is 1. The SMILES string of the molecule is COc1ccc(O)c(CN2CCC(C(O)c3ccc(F)cc3)CC2)c1. The number of aromatic hydroxyl groups is 1. The zero-order valence-corrected chi connectivity index (χ0v) is 14.4. The van der Waals surface area contributed by atoms with Crippen LogP contribution in [0.4, 0.5) is 4.39 Å². The Morgan fingerprint density at radius 1 is 1.16 bits per heavy atom. The van der Waals surface area contributed by atoms with E-state index in [0.29, 0.717) is 6.54 Å². The van der Waals surface area contributed by atoms with Crippen molar-refractivity contribution in [1.82, 2.24) is 4.90 Å². The van der Waals surface area contributed by atoms with Gasteiger partial charge in [0.05, 0.1) is 13.2 Å². The molecule has 1 atom stereocenters. The summed E-state index contributed by atoms with van der Waals surface area (Å²) in [4.78, 5) is 2.27. The number of aliphatic hydroxyl groups is 1. The quantitative estimate of drug-likeness (QED) is 0.871. The Labute approximate surface area is 147 Å². The Bertz CT molecular complexity index is 697. The monoisotopic (exact) mass is 345 g/mol. The highest BCUT2D eigenvalue weighted by atomic mass is 19.1. The average Bonchev–Trinajstić information content (AvgIpc) is 2.64. The fourth-order valence-electron chi connectivity index (χ4n) is 3.42. The van der Waals surface area contributed by atoms with E-state index in [1.807, 2.05) is 6.07 Å². The molecular formula is C20H24FNO3. The highest BCUT2D eigenvalue weighted by Gasteiger charge is 2.26. The number of benzene rings is 2. The first kappa shape index (κ1) is 17.7. The summed E-state index contributed by atoms with van der Waals surface area (Å²) in [6, 6.07) is 11.3. The lowest BCUT2D eigenvalue weighted by molar-refractivity contribution is 0.0565. The second-order valence-corrected chi connectivity index (χ2v) is 6.60. The lowest BCUT2D eigenvalue weighted by Crippen LogP contribution is -2.35. The second-order valence-electron chi connectivity index (χ2n) is 6.60. The maximum absolute atomic E-state index is 13.0. The van der Waals surface area contributed by atoms with Gasteiger partial charge >= 0.3 is 0 Å². The number of rotatable bonds is 5. The largest absolute Gasteiger partial charge is 0.508 e. The number of hydrogen-bond acceptors (Lipinski definition) is 4. The van der Waals surface area contributed by atoms with E-state index in [-0.39, 0.29) is 17.5 Å². The second kappa shape index (κ2) is 7.85. The predicted molar refractivity (Wildman–Crippen MR) is 94.0 cm³/mol. The third-order valence-corrected chi connectivity index (χ3v) is 4.97. The molecule has 5 heteroatoms. The average molecular weight is 345 g/mol. The molecule has 0 bridgehead atoms. The van der Waals surface area contributed by atoms with Gasteiger partial charge in [-0.15, -0.1) is 0 Å². The Hall–Kier alpha value is -2.11. The fourth-order valence-corrected chi connectivity index (χ4v) is 3.42. The number of halogens is 1. The lowest BCUT2D eigenvalue weighted by Gasteiger charge is -2.34. The van der Waals surface area contributed by atoms with Crippen LogP contribution in [0.3, 0.4) is 0 Å². The zero-order chi connectivity index (χ0) is 17.8. The van der Waals surface area contributed by atoms with Gasteiger partial charge in [-0.1, -0.05) is 12.1 Å². The standard InChI is InChI=1S/C20H24FNO3/c1-25-18-6-7-19(23)16(12-18)13-22-10-8-15(9-11-22)20(24)14-2-4-17(21)5-3-14/h2-7,12,15,20,23-24H,8-11,13H2,1H3. The molecule has 4 nitrogen and oxygen atoms in total. The number of methoxy groups -OCH3 is 1. The number of likely N-dealkylation sites (tertiary alicyclic amines) is 1. The van der Waals surface area contributed by atoms with Crippen molar-refractivity contribution in [2.45, 2.75) is 25.5 Å². The van der Waals surface area contributed by atoms with E-state index >= 15 is 0 Å². The van der Waals surface area contributed by atoms with Crippen LogP contribution in [0, 0.1) is 11.7 Å². The van der Waals surface area contributed by atoms with E-state index in [0.717, 1.165) is 42.8 Å². The van der Waals surface area contributed by atoms with Crippen LogP contribution >= 0.6 is 0 Å². The van der Waals surface area contributed by atoms with Gasteiger partial charge in [-0.3, -0.25) is 4.90 Å². The summed E-state index contributed by atoms with van der Waals surface area (Å²) in [6.07, 6.45) is 1.17. The zero-order valence-electron chi connectivity index (χ0n) is 14.4. The van der Waals surface area contributed by atoms with Gasteiger partial charge in [0, 0.05) is 12.1 Å². The maximum atomic E-state index is 13.0. The highest BCUT2D eigenvalue weighted by Crippen LogP contribution is 2.32. The number of phenolic OH excluding ortho intramolecular Hbond substituents is 1. The topological polar surface area (TPSA) is 52.9 Å². The van der Waals surface area contributed by atoms with E-state index < -0.39 is 6.10 Å². The Kier molecular flexibility index (Phi) is 5.56. The molecule has 134 valence electrons. The molecule has 25 heavy (non-hydrogen) atoms. The van der Waals surface area contributed by atoms with Crippen LogP contribution in [0.25, 0.3) is 0 Å². The van der Waals surface area contributed by atoms with Crippen LogP contribution in [-0.4, -0.2) is 35.3 Å². The van der Waals surface area contributed by atoms with Gasteiger partial charge in [0.25, 0.3) is 0 Å². The van der Waals surface area contributed by atoms with Crippen molar-refractivity contribution < 1.29 is 19.3 Å². The third-order valence-electron chi connectivity index (χ3n) is 4.97. The Morgan fingerprint density at radius 2 is 1.84 bits per heavy atom.